The van der Waals surface area contributed by atoms with Gasteiger partial charge in [0.2, 0.25) is 0 Å². The first-order chi connectivity index (χ1) is 27.5. The van der Waals surface area contributed by atoms with Crippen LogP contribution in [0.3, 0.4) is 0 Å². The van der Waals surface area contributed by atoms with Crippen LogP contribution in [0.5, 0.6) is 0 Å². The molecule has 0 fully saturated rings. The number of rotatable bonds is 2. The van der Waals surface area contributed by atoms with Gasteiger partial charge in [-0.15, -0.1) is 54.6 Å². The highest BCUT2D eigenvalue weighted by molar-refractivity contribution is 6.76. The van der Waals surface area contributed by atoms with E-state index in [4.69, 9.17) is 4.42 Å². The summed E-state index contributed by atoms with van der Waals surface area (Å²) in [6.07, 6.45) is 0. The largest absolute Gasteiger partial charge is 0.456 e. The fraction of sp³-hybridized carbons (Fsp3) is 0. The van der Waals surface area contributed by atoms with Crippen molar-refractivity contribution < 1.29 is 4.42 Å². The van der Waals surface area contributed by atoms with Crippen LogP contribution in [-0.4, -0.2) is 173 Å². The quantitative estimate of drug-likeness (QED) is 0.128. The molecule has 1 nitrogen and oxygen atoms in total. The predicted molar refractivity (Wildman–Crippen MR) is 337 cm³/mol. The summed E-state index contributed by atoms with van der Waals surface area (Å²) < 4.78 is 7.28. The molecule has 0 saturated heterocycles. The molecule has 0 aliphatic rings. The Hall–Kier alpha value is -3.45. The SMILES string of the molecule is Bc1c(B)c(B)c(-c2c3c(B)c(B)c(B)c(B)c3c(-c3c(B)c4c(oc5c(B)c(B)c(B)c(B)c54)c4c(B)c(B)c(B)c(B)c34)c3c(B)c(B)c(B)c(B)c23)c(B)c1B. The molecule has 260 valence electrons. The second kappa shape index (κ2) is 14.0. The molecule has 0 spiro atoms. The molecule has 0 aliphatic carbocycles. The summed E-state index contributed by atoms with van der Waals surface area (Å²) in [6, 6.07) is 0. The third-order valence-electron chi connectivity index (χ3n) is 17.1. The Morgan fingerprint density at radius 3 is 0.729 bits per heavy atom. The van der Waals surface area contributed by atoms with E-state index >= 15 is 0 Å². The van der Waals surface area contributed by atoms with Gasteiger partial charge in [0.1, 0.15) is 184 Å². The van der Waals surface area contributed by atoms with Gasteiger partial charge in [0.05, 0.1) is 0 Å². The zero-order chi connectivity index (χ0) is 43.5. The van der Waals surface area contributed by atoms with Gasteiger partial charge in [0.15, 0.2) is 0 Å². The van der Waals surface area contributed by atoms with Crippen LogP contribution in [0.25, 0.3) is 76.5 Å². The molecule has 0 amide bonds. The Morgan fingerprint density at radius 1 is 0.153 bits per heavy atom. The van der Waals surface area contributed by atoms with Crippen LogP contribution in [0.4, 0.5) is 0 Å². The van der Waals surface area contributed by atoms with Crippen molar-refractivity contribution in [2.75, 3.05) is 0 Å². The van der Waals surface area contributed by atoms with E-state index in [-0.39, 0.29) is 0 Å². The highest BCUT2D eigenvalue weighted by Gasteiger charge is 2.31. The molecule has 0 N–H and O–H groups in total. The summed E-state index contributed by atoms with van der Waals surface area (Å²) >= 11 is 0. The Bertz CT molecular complexity index is 3240. The lowest BCUT2D eigenvalue weighted by molar-refractivity contribution is 0.676. The molecule has 59 heavy (non-hydrogen) atoms. The van der Waals surface area contributed by atoms with E-state index in [0.717, 1.165) is 11.2 Å². The molecule has 7 aromatic carbocycles. The fourth-order valence-corrected chi connectivity index (χ4v) is 11.5. The molecule has 0 atom stereocenters. The molecule has 0 aliphatic heterocycles. The van der Waals surface area contributed by atoms with E-state index in [2.05, 4.69) is 173 Å². The molecule has 0 radical (unpaired) electrons. The van der Waals surface area contributed by atoms with Crippen LogP contribution in [0.2, 0.25) is 0 Å². The van der Waals surface area contributed by atoms with E-state index < -0.39 is 0 Å². The van der Waals surface area contributed by atoms with Crippen LogP contribution in [0, 0.1) is 0 Å². The average molecular weight is 731 g/mol. The zero-order valence-electron chi connectivity index (χ0n) is 40.4. The van der Waals surface area contributed by atoms with Gasteiger partial charge in [-0.25, -0.2) is 0 Å². The maximum absolute atomic E-state index is 7.28. The average Bonchev–Trinajstić information content (AvgIpc) is 3.62. The van der Waals surface area contributed by atoms with Crippen LogP contribution in [-0.2, 0) is 0 Å². The Kier molecular flexibility index (Phi) is 10.1. The van der Waals surface area contributed by atoms with Crippen molar-refractivity contribution in [1.29, 1.82) is 0 Å². The van der Waals surface area contributed by atoms with Gasteiger partial charge in [-0.1, -0.05) is 65.6 Å². The molecule has 0 saturated carbocycles. The number of benzene rings is 7. The highest BCUT2D eigenvalue weighted by Crippen LogP contribution is 2.43. The third kappa shape index (κ3) is 5.30. The molecular weight excluding hydrogens is 686 g/mol. The minimum Gasteiger partial charge on any atom is -0.456 e. The summed E-state index contributed by atoms with van der Waals surface area (Å²) in [4.78, 5) is 0. The topological polar surface area (TPSA) is 13.1 Å². The second-order valence-electron chi connectivity index (χ2n) is 19.0. The summed E-state index contributed by atoms with van der Waals surface area (Å²) in [6.45, 7) is 0. The molecule has 0 unspecified atom stereocenters. The zero-order valence-corrected chi connectivity index (χ0v) is 40.4. The number of hydrogen-bond acceptors (Lipinski definition) is 1. The van der Waals surface area contributed by atoms with Crippen molar-refractivity contribution in [2.45, 2.75) is 0 Å². The smallest absolute Gasteiger partial charge is 0.143 e. The second-order valence-corrected chi connectivity index (χ2v) is 19.0. The van der Waals surface area contributed by atoms with Crippen molar-refractivity contribution in [3.05, 3.63) is 0 Å². The summed E-state index contributed by atoms with van der Waals surface area (Å²) in [5, 5.41) is 10.8. The van der Waals surface area contributed by atoms with Gasteiger partial charge in [-0.3, -0.25) is 0 Å². The normalized spacial score (nSPS) is 11.9. The van der Waals surface area contributed by atoms with Gasteiger partial charge < -0.3 is 4.42 Å². The Balaban J connectivity index is 1.85. The van der Waals surface area contributed by atoms with Gasteiger partial charge in [-0.05, 0) is 49.2 Å². The number of hydrogen-bond donors (Lipinski definition) is 0. The van der Waals surface area contributed by atoms with Crippen LogP contribution in [0.15, 0.2) is 4.42 Å². The Morgan fingerprint density at radius 2 is 0.373 bits per heavy atom. The molecular formula is C36H44B22O. The van der Waals surface area contributed by atoms with E-state index in [1.807, 2.05) is 0 Å². The number of fused-ring (bicyclic) bond motifs is 7. The lowest BCUT2D eigenvalue weighted by Crippen LogP contribution is -2.55. The summed E-state index contributed by atoms with van der Waals surface area (Å²) in [5.41, 5.74) is 37.7. The van der Waals surface area contributed by atoms with E-state index in [1.165, 1.54) is 186 Å². The first kappa shape index (κ1) is 42.2. The molecule has 1 heterocycles. The van der Waals surface area contributed by atoms with Crippen molar-refractivity contribution in [1.82, 2.24) is 0 Å². The monoisotopic (exact) mass is 735 g/mol. The molecule has 0 bridgehead atoms. The maximum atomic E-state index is 7.28. The van der Waals surface area contributed by atoms with Crippen LogP contribution in [0.1, 0.15) is 0 Å². The minimum atomic E-state index is 1.04. The highest BCUT2D eigenvalue weighted by atomic mass is 16.3. The molecule has 8 aromatic rings. The van der Waals surface area contributed by atoms with Gasteiger partial charge in [0.25, 0.3) is 0 Å². The van der Waals surface area contributed by atoms with Crippen molar-refractivity contribution in [2.24, 2.45) is 0 Å². The van der Waals surface area contributed by atoms with E-state index in [9.17, 15) is 0 Å². The summed E-state index contributed by atoms with van der Waals surface area (Å²) in [5.74, 6) is 0. The number of furan rings is 1. The minimum absolute atomic E-state index is 1.04. The lowest BCUT2D eigenvalue weighted by atomic mass is 9.56. The first-order valence-electron chi connectivity index (χ1n) is 21.9. The van der Waals surface area contributed by atoms with Crippen molar-refractivity contribution in [3.63, 3.8) is 0 Å². The fourth-order valence-electron chi connectivity index (χ4n) is 11.5. The van der Waals surface area contributed by atoms with Gasteiger partial charge in [0, 0.05) is 16.2 Å². The van der Waals surface area contributed by atoms with Crippen LogP contribution < -0.4 is 120 Å². The van der Waals surface area contributed by atoms with Gasteiger partial charge in [-0.2, -0.15) is 0 Å². The van der Waals surface area contributed by atoms with Crippen LogP contribution >= 0.6 is 0 Å². The molecule has 1 aromatic heterocycles. The molecule has 23 heteroatoms. The lowest BCUT2D eigenvalue weighted by Gasteiger charge is -2.31. The van der Waals surface area contributed by atoms with E-state index in [0.29, 0.717) is 0 Å². The van der Waals surface area contributed by atoms with Crippen molar-refractivity contribution in [3.8, 4) is 22.3 Å². The standard InChI is InChI=1S/C36H44B22O/c37-13-3(8-10(21(45)30(54)27(51)18(8)42)35-11(13)12-22(46)31(55)33(57)34(58)36(12)59-35)1-4-6(16(40)25(49)23(47)14(4)38)2(7-5(1)15(39)24(48)26(50)17(7)41)9-19(43)28(52)32(56)29(53)20(9)44/h37-58H2. The van der Waals surface area contributed by atoms with E-state index in [1.54, 1.807) is 0 Å². The summed E-state index contributed by atoms with van der Waals surface area (Å²) in [7, 11) is 51.7. The van der Waals surface area contributed by atoms with Crippen molar-refractivity contribution >= 4 is 347 Å². The predicted octanol–water partition coefficient (Wildman–Crippen LogP) is -27.9. The Labute approximate surface area is 371 Å². The van der Waals surface area contributed by atoms with Gasteiger partial charge >= 0.3 is 0 Å². The first-order valence-corrected chi connectivity index (χ1v) is 21.9. The molecule has 8 rings (SSSR count). The maximum Gasteiger partial charge on any atom is 0.143 e. The third-order valence-corrected chi connectivity index (χ3v) is 17.1.